The van der Waals surface area contributed by atoms with Crippen molar-refractivity contribution >= 4 is 5.84 Å². The van der Waals surface area contributed by atoms with Crippen molar-refractivity contribution < 1.29 is 0 Å². The van der Waals surface area contributed by atoms with Crippen LogP contribution in [0, 0.1) is 11.3 Å². The van der Waals surface area contributed by atoms with Crippen LogP contribution in [0.3, 0.4) is 0 Å². The van der Waals surface area contributed by atoms with Gasteiger partial charge in [0.25, 0.3) is 0 Å². The molecular formula is C11H23N3. The lowest BCUT2D eigenvalue weighted by atomic mass is 10.1. The number of amidine groups is 1. The molecule has 1 atom stereocenters. The highest BCUT2D eigenvalue weighted by atomic mass is 15.2. The van der Waals surface area contributed by atoms with E-state index in [9.17, 15) is 0 Å². The quantitative estimate of drug-likeness (QED) is 0.483. The monoisotopic (exact) mass is 197 g/mol. The van der Waals surface area contributed by atoms with Crippen molar-refractivity contribution in [2.75, 3.05) is 13.1 Å². The standard InChI is InChI=1S/C11H23N3/c1-3-6-14(8-10-4-5-10)9(2)7-11(12)13/h9-10H,3-8H2,1-2H3,(H3,12,13). The molecule has 0 heterocycles. The highest BCUT2D eigenvalue weighted by molar-refractivity contribution is 5.77. The van der Waals surface area contributed by atoms with Gasteiger partial charge in [-0.2, -0.15) is 0 Å². The van der Waals surface area contributed by atoms with Gasteiger partial charge >= 0.3 is 0 Å². The number of nitrogens with two attached hydrogens (primary N) is 1. The lowest BCUT2D eigenvalue weighted by Gasteiger charge is -2.28. The smallest absolute Gasteiger partial charge is 0.0920 e. The normalized spacial score (nSPS) is 18.5. The molecule has 0 bridgehead atoms. The first-order chi connectivity index (χ1) is 6.63. The minimum atomic E-state index is 0.314. The van der Waals surface area contributed by atoms with E-state index in [1.165, 1.54) is 25.8 Å². The van der Waals surface area contributed by atoms with Crippen molar-refractivity contribution in [3.63, 3.8) is 0 Å². The molecule has 1 saturated carbocycles. The van der Waals surface area contributed by atoms with Crippen molar-refractivity contribution in [3.8, 4) is 0 Å². The van der Waals surface area contributed by atoms with Gasteiger partial charge in [0.15, 0.2) is 0 Å². The number of nitrogens with zero attached hydrogens (tertiary/aromatic N) is 1. The minimum Gasteiger partial charge on any atom is -0.388 e. The van der Waals surface area contributed by atoms with Gasteiger partial charge in [-0.25, -0.2) is 0 Å². The first-order valence-electron chi connectivity index (χ1n) is 5.70. The van der Waals surface area contributed by atoms with E-state index in [0.29, 0.717) is 18.3 Å². The average Bonchev–Trinajstić information content (AvgIpc) is 2.86. The molecular weight excluding hydrogens is 174 g/mol. The molecule has 1 aliphatic carbocycles. The van der Waals surface area contributed by atoms with Crippen LogP contribution in [-0.4, -0.2) is 29.9 Å². The fourth-order valence-electron chi connectivity index (χ4n) is 1.86. The van der Waals surface area contributed by atoms with Crippen molar-refractivity contribution in [1.29, 1.82) is 5.41 Å². The maximum atomic E-state index is 7.30. The Morgan fingerprint density at radius 2 is 2.21 bits per heavy atom. The van der Waals surface area contributed by atoms with Crippen molar-refractivity contribution in [3.05, 3.63) is 0 Å². The van der Waals surface area contributed by atoms with Gasteiger partial charge in [0.2, 0.25) is 0 Å². The van der Waals surface area contributed by atoms with Crippen LogP contribution in [0.15, 0.2) is 0 Å². The summed E-state index contributed by atoms with van der Waals surface area (Å²) in [6.07, 6.45) is 4.70. The summed E-state index contributed by atoms with van der Waals surface area (Å²) in [5, 5.41) is 7.30. The SMILES string of the molecule is CCCN(CC1CC1)C(C)CC(=N)N. The molecule has 1 unspecified atom stereocenters. The Bertz CT molecular complexity index is 187. The van der Waals surface area contributed by atoms with Gasteiger partial charge in [0, 0.05) is 19.0 Å². The predicted molar refractivity (Wildman–Crippen MR) is 60.6 cm³/mol. The topological polar surface area (TPSA) is 53.1 Å². The van der Waals surface area contributed by atoms with E-state index in [2.05, 4.69) is 18.7 Å². The second kappa shape index (κ2) is 5.35. The molecule has 0 saturated heterocycles. The van der Waals surface area contributed by atoms with Gasteiger partial charge in [0.1, 0.15) is 0 Å². The van der Waals surface area contributed by atoms with Crippen LogP contribution in [-0.2, 0) is 0 Å². The van der Waals surface area contributed by atoms with E-state index in [4.69, 9.17) is 11.1 Å². The minimum absolute atomic E-state index is 0.314. The molecule has 3 N–H and O–H groups in total. The third-order valence-electron chi connectivity index (χ3n) is 2.84. The van der Waals surface area contributed by atoms with E-state index in [1.807, 2.05) is 0 Å². The predicted octanol–water partition coefficient (Wildman–Crippen LogP) is 1.82. The molecule has 0 aromatic heterocycles. The van der Waals surface area contributed by atoms with Crippen LogP contribution in [0.1, 0.15) is 39.5 Å². The second-order valence-electron chi connectivity index (χ2n) is 4.52. The Morgan fingerprint density at radius 3 is 2.64 bits per heavy atom. The molecule has 0 aromatic rings. The zero-order valence-electron chi connectivity index (χ0n) is 9.42. The maximum absolute atomic E-state index is 7.30. The lowest BCUT2D eigenvalue weighted by Crippen LogP contribution is -2.38. The molecule has 1 aliphatic rings. The lowest BCUT2D eigenvalue weighted by molar-refractivity contribution is 0.204. The van der Waals surface area contributed by atoms with Crippen LogP contribution < -0.4 is 5.73 Å². The zero-order chi connectivity index (χ0) is 10.6. The molecule has 0 aliphatic heterocycles. The third-order valence-corrected chi connectivity index (χ3v) is 2.84. The number of hydrogen-bond acceptors (Lipinski definition) is 2. The fraction of sp³-hybridized carbons (Fsp3) is 0.909. The molecule has 82 valence electrons. The second-order valence-corrected chi connectivity index (χ2v) is 4.52. The van der Waals surface area contributed by atoms with Crippen LogP contribution >= 0.6 is 0 Å². The first kappa shape index (κ1) is 11.5. The maximum Gasteiger partial charge on any atom is 0.0920 e. The number of rotatable bonds is 7. The number of nitrogens with one attached hydrogen (secondary N) is 1. The van der Waals surface area contributed by atoms with Gasteiger partial charge in [-0.05, 0) is 38.6 Å². The summed E-state index contributed by atoms with van der Waals surface area (Å²) in [5.41, 5.74) is 5.43. The van der Waals surface area contributed by atoms with Gasteiger partial charge in [0.05, 0.1) is 5.84 Å². The van der Waals surface area contributed by atoms with Crippen molar-refractivity contribution in [1.82, 2.24) is 4.90 Å². The summed E-state index contributed by atoms with van der Waals surface area (Å²) in [7, 11) is 0. The Kier molecular flexibility index (Phi) is 4.39. The Balaban J connectivity index is 2.33. The third kappa shape index (κ3) is 4.09. The Labute approximate surface area is 87.2 Å². The van der Waals surface area contributed by atoms with Crippen LogP contribution in [0.5, 0.6) is 0 Å². The van der Waals surface area contributed by atoms with Gasteiger partial charge in [-0.3, -0.25) is 10.3 Å². The van der Waals surface area contributed by atoms with Crippen LogP contribution in [0.4, 0.5) is 0 Å². The van der Waals surface area contributed by atoms with Crippen LogP contribution in [0.25, 0.3) is 0 Å². The van der Waals surface area contributed by atoms with E-state index in [-0.39, 0.29) is 0 Å². The molecule has 3 heteroatoms. The van der Waals surface area contributed by atoms with E-state index >= 15 is 0 Å². The molecule has 0 aromatic carbocycles. The number of hydrogen-bond donors (Lipinski definition) is 2. The zero-order valence-corrected chi connectivity index (χ0v) is 9.42. The summed E-state index contributed by atoms with van der Waals surface area (Å²) in [4.78, 5) is 2.49. The summed E-state index contributed by atoms with van der Waals surface area (Å²) >= 11 is 0. The van der Waals surface area contributed by atoms with Crippen molar-refractivity contribution in [2.45, 2.75) is 45.6 Å². The highest BCUT2D eigenvalue weighted by Gasteiger charge is 2.26. The van der Waals surface area contributed by atoms with Gasteiger partial charge < -0.3 is 5.73 Å². The molecule has 1 fully saturated rings. The van der Waals surface area contributed by atoms with Crippen LogP contribution in [0.2, 0.25) is 0 Å². The first-order valence-corrected chi connectivity index (χ1v) is 5.70. The van der Waals surface area contributed by atoms with Gasteiger partial charge in [-0.1, -0.05) is 6.92 Å². The highest BCUT2D eigenvalue weighted by Crippen LogP contribution is 2.30. The summed E-state index contributed by atoms with van der Waals surface area (Å²) in [6, 6.07) is 0.438. The largest absolute Gasteiger partial charge is 0.388 e. The average molecular weight is 197 g/mol. The molecule has 1 rings (SSSR count). The summed E-state index contributed by atoms with van der Waals surface area (Å²) in [6.45, 7) is 6.74. The molecule has 0 spiro atoms. The fourth-order valence-corrected chi connectivity index (χ4v) is 1.86. The summed E-state index contributed by atoms with van der Waals surface area (Å²) in [5.74, 6) is 1.24. The molecule has 14 heavy (non-hydrogen) atoms. The van der Waals surface area contributed by atoms with Crippen molar-refractivity contribution in [2.24, 2.45) is 11.7 Å². The van der Waals surface area contributed by atoms with E-state index in [0.717, 1.165) is 12.5 Å². The summed E-state index contributed by atoms with van der Waals surface area (Å²) < 4.78 is 0. The van der Waals surface area contributed by atoms with E-state index in [1.54, 1.807) is 0 Å². The Morgan fingerprint density at radius 1 is 1.57 bits per heavy atom. The molecule has 0 radical (unpaired) electrons. The molecule has 0 amide bonds. The van der Waals surface area contributed by atoms with Gasteiger partial charge in [-0.15, -0.1) is 0 Å². The Hall–Kier alpha value is -0.570. The molecule has 3 nitrogen and oxygen atoms in total. The van der Waals surface area contributed by atoms with E-state index < -0.39 is 0 Å².